The van der Waals surface area contributed by atoms with Gasteiger partial charge in [0.25, 0.3) is 0 Å². The number of sulfonamides is 1. The van der Waals surface area contributed by atoms with Gasteiger partial charge in [0.15, 0.2) is 0 Å². The van der Waals surface area contributed by atoms with Crippen molar-refractivity contribution in [2.45, 2.75) is 52.7 Å². The minimum Gasteiger partial charge on any atom is -0.352 e. The maximum atomic E-state index is 13.5. The number of carbonyl (C=O) groups excluding carboxylic acids is 2. The molecule has 0 bridgehead atoms. The predicted molar refractivity (Wildman–Crippen MR) is 138 cm³/mol. The largest absolute Gasteiger partial charge is 0.352 e. The highest BCUT2D eigenvalue weighted by atomic mass is 35.5. The minimum absolute atomic E-state index is 0.00923. The standard InChI is InChI=1S/C24H31Cl2N3O4S/c1-6-17(3)27-24(31)18(4)28(14-19-11-12-20(25)13-21(19)26)23(30)15-29(34(5,32)33)22-10-8-7-9-16(22)2/h7-13,17-18H,6,14-15H2,1-5H3,(H,27,31)/t17-,18+/m1/s1. The molecular weight excluding hydrogens is 497 g/mol. The van der Waals surface area contributed by atoms with E-state index in [2.05, 4.69) is 5.32 Å². The molecule has 2 atom stereocenters. The van der Waals surface area contributed by atoms with Gasteiger partial charge in [-0.3, -0.25) is 13.9 Å². The van der Waals surface area contributed by atoms with E-state index in [1.807, 2.05) is 13.8 Å². The lowest BCUT2D eigenvalue weighted by molar-refractivity contribution is -0.139. The van der Waals surface area contributed by atoms with Crippen LogP contribution in [0.25, 0.3) is 0 Å². The van der Waals surface area contributed by atoms with Crippen LogP contribution in [-0.2, 0) is 26.2 Å². The van der Waals surface area contributed by atoms with E-state index in [0.717, 1.165) is 17.0 Å². The molecule has 0 radical (unpaired) electrons. The third-order valence-electron chi connectivity index (χ3n) is 5.59. The monoisotopic (exact) mass is 527 g/mol. The molecule has 1 N–H and O–H groups in total. The number of para-hydroxylation sites is 1. The van der Waals surface area contributed by atoms with E-state index in [9.17, 15) is 18.0 Å². The van der Waals surface area contributed by atoms with Crippen LogP contribution in [-0.4, -0.2) is 50.0 Å². The first-order chi connectivity index (χ1) is 15.8. The Bertz CT molecular complexity index is 1140. The summed E-state index contributed by atoms with van der Waals surface area (Å²) in [6.45, 7) is 6.74. The van der Waals surface area contributed by atoms with Gasteiger partial charge in [0.2, 0.25) is 21.8 Å². The summed E-state index contributed by atoms with van der Waals surface area (Å²) in [7, 11) is -3.78. The van der Waals surface area contributed by atoms with Crippen molar-refractivity contribution in [3.05, 3.63) is 63.6 Å². The van der Waals surface area contributed by atoms with Crippen LogP contribution in [0, 0.1) is 6.92 Å². The molecule has 2 rings (SSSR count). The molecule has 0 aliphatic heterocycles. The molecule has 10 heteroatoms. The molecule has 0 aliphatic rings. The zero-order valence-corrected chi connectivity index (χ0v) is 22.3. The van der Waals surface area contributed by atoms with Crippen molar-refractivity contribution < 1.29 is 18.0 Å². The van der Waals surface area contributed by atoms with Gasteiger partial charge in [0.05, 0.1) is 11.9 Å². The zero-order valence-electron chi connectivity index (χ0n) is 20.0. The Kier molecular flexibility index (Phi) is 9.79. The van der Waals surface area contributed by atoms with Crippen molar-refractivity contribution >= 4 is 50.7 Å². The number of aryl methyl sites for hydroxylation is 1. The van der Waals surface area contributed by atoms with Crippen LogP contribution in [0.4, 0.5) is 5.69 Å². The second-order valence-corrected chi connectivity index (χ2v) is 11.1. The Balaban J connectivity index is 2.43. The van der Waals surface area contributed by atoms with Crippen molar-refractivity contribution in [3.63, 3.8) is 0 Å². The number of carbonyl (C=O) groups is 2. The SMILES string of the molecule is CC[C@@H](C)NC(=O)[C@H](C)N(Cc1ccc(Cl)cc1Cl)C(=O)CN(c1ccccc1C)S(C)(=O)=O. The summed E-state index contributed by atoms with van der Waals surface area (Å²) in [5.41, 5.74) is 1.69. The lowest BCUT2D eigenvalue weighted by Gasteiger charge is -2.32. The van der Waals surface area contributed by atoms with Crippen molar-refractivity contribution in [1.29, 1.82) is 0 Å². The third-order valence-corrected chi connectivity index (χ3v) is 7.30. The van der Waals surface area contributed by atoms with Crippen LogP contribution in [0.5, 0.6) is 0 Å². The average Bonchev–Trinajstić information content (AvgIpc) is 2.76. The number of rotatable bonds is 10. The third kappa shape index (κ3) is 7.35. The van der Waals surface area contributed by atoms with Gasteiger partial charge in [-0.15, -0.1) is 0 Å². The lowest BCUT2D eigenvalue weighted by Crippen LogP contribution is -2.52. The number of benzene rings is 2. The minimum atomic E-state index is -3.78. The molecule has 186 valence electrons. The summed E-state index contributed by atoms with van der Waals surface area (Å²) in [4.78, 5) is 27.8. The van der Waals surface area contributed by atoms with Crippen LogP contribution in [0.1, 0.15) is 38.3 Å². The summed E-state index contributed by atoms with van der Waals surface area (Å²) >= 11 is 12.3. The molecule has 0 unspecified atom stereocenters. The molecular formula is C24H31Cl2N3O4S. The fourth-order valence-corrected chi connectivity index (χ4v) is 4.69. The molecule has 0 saturated carbocycles. The Hall–Kier alpha value is -2.29. The average molecular weight is 529 g/mol. The summed E-state index contributed by atoms with van der Waals surface area (Å²) in [5, 5.41) is 3.67. The van der Waals surface area contributed by atoms with E-state index in [1.165, 1.54) is 4.90 Å². The molecule has 2 aromatic rings. The van der Waals surface area contributed by atoms with Crippen LogP contribution in [0.3, 0.4) is 0 Å². The van der Waals surface area contributed by atoms with Gasteiger partial charge in [-0.2, -0.15) is 0 Å². The maximum absolute atomic E-state index is 13.5. The molecule has 0 saturated heterocycles. The van der Waals surface area contributed by atoms with E-state index in [1.54, 1.807) is 56.3 Å². The van der Waals surface area contributed by atoms with Crippen molar-refractivity contribution in [2.24, 2.45) is 0 Å². The Morgan fingerprint density at radius 1 is 1.09 bits per heavy atom. The molecule has 0 aromatic heterocycles. The number of amides is 2. The number of anilines is 1. The van der Waals surface area contributed by atoms with Gasteiger partial charge >= 0.3 is 0 Å². The zero-order chi connectivity index (χ0) is 25.6. The van der Waals surface area contributed by atoms with Crippen LogP contribution in [0.15, 0.2) is 42.5 Å². The van der Waals surface area contributed by atoms with Crippen molar-refractivity contribution in [3.8, 4) is 0 Å². The number of nitrogens with one attached hydrogen (secondary N) is 1. The highest BCUT2D eigenvalue weighted by molar-refractivity contribution is 7.92. The van der Waals surface area contributed by atoms with Gasteiger partial charge in [-0.1, -0.05) is 54.4 Å². The predicted octanol–water partition coefficient (Wildman–Crippen LogP) is 4.40. The molecule has 0 spiro atoms. The Morgan fingerprint density at radius 3 is 2.29 bits per heavy atom. The molecule has 2 amide bonds. The summed E-state index contributed by atoms with van der Waals surface area (Å²) in [5.74, 6) is -0.874. The first kappa shape index (κ1) is 28.0. The summed E-state index contributed by atoms with van der Waals surface area (Å²) < 4.78 is 26.3. The highest BCUT2D eigenvalue weighted by Crippen LogP contribution is 2.25. The number of hydrogen-bond acceptors (Lipinski definition) is 4. The van der Waals surface area contributed by atoms with Gasteiger partial charge < -0.3 is 10.2 Å². The number of hydrogen-bond donors (Lipinski definition) is 1. The second kappa shape index (κ2) is 11.9. The fourth-order valence-electron chi connectivity index (χ4n) is 3.32. The molecule has 0 heterocycles. The van der Waals surface area contributed by atoms with Gasteiger partial charge in [0, 0.05) is 22.6 Å². The molecule has 7 nitrogen and oxygen atoms in total. The van der Waals surface area contributed by atoms with E-state index in [0.29, 0.717) is 26.9 Å². The van der Waals surface area contributed by atoms with Crippen LogP contribution >= 0.6 is 23.2 Å². The van der Waals surface area contributed by atoms with Crippen molar-refractivity contribution in [1.82, 2.24) is 10.2 Å². The van der Waals surface area contributed by atoms with Crippen LogP contribution in [0.2, 0.25) is 10.0 Å². The molecule has 2 aromatic carbocycles. The van der Waals surface area contributed by atoms with E-state index < -0.39 is 28.5 Å². The first-order valence-electron chi connectivity index (χ1n) is 10.9. The maximum Gasteiger partial charge on any atom is 0.244 e. The van der Waals surface area contributed by atoms with Gasteiger partial charge in [-0.25, -0.2) is 8.42 Å². The Morgan fingerprint density at radius 2 is 1.74 bits per heavy atom. The van der Waals surface area contributed by atoms with Crippen LogP contribution < -0.4 is 9.62 Å². The van der Waals surface area contributed by atoms with E-state index in [4.69, 9.17) is 23.2 Å². The quantitative estimate of drug-likeness (QED) is 0.495. The number of nitrogens with zero attached hydrogens (tertiary/aromatic N) is 2. The highest BCUT2D eigenvalue weighted by Gasteiger charge is 2.31. The van der Waals surface area contributed by atoms with Crippen molar-refractivity contribution in [2.75, 3.05) is 17.1 Å². The summed E-state index contributed by atoms with van der Waals surface area (Å²) in [6, 6.07) is 10.8. The fraction of sp³-hybridized carbons (Fsp3) is 0.417. The smallest absolute Gasteiger partial charge is 0.244 e. The first-order valence-corrected chi connectivity index (χ1v) is 13.5. The molecule has 0 fully saturated rings. The van der Waals surface area contributed by atoms with E-state index >= 15 is 0 Å². The second-order valence-electron chi connectivity index (χ2n) is 8.31. The number of halogens is 2. The van der Waals surface area contributed by atoms with Gasteiger partial charge in [-0.05, 0) is 56.5 Å². The molecule has 0 aliphatic carbocycles. The van der Waals surface area contributed by atoms with Gasteiger partial charge in [0.1, 0.15) is 12.6 Å². The normalized spacial score (nSPS) is 13.1. The molecule has 34 heavy (non-hydrogen) atoms. The van der Waals surface area contributed by atoms with E-state index in [-0.39, 0.29) is 18.5 Å². The lowest BCUT2D eigenvalue weighted by atomic mass is 10.1. The topological polar surface area (TPSA) is 86.8 Å². The Labute approximate surface area is 212 Å². The summed E-state index contributed by atoms with van der Waals surface area (Å²) in [6.07, 6.45) is 1.77.